The van der Waals surface area contributed by atoms with Crippen LogP contribution >= 0.6 is 11.6 Å². The van der Waals surface area contributed by atoms with Crippen molar-refractivity contribution in [3.8, 4) is 5.75 Å². The highest BCUT2D eigenvalue weighted by molar-refractivity contribution is 6.30. The lowest BCUT2D eigenvalue weighted by molar-refractivity contribution is 0.0952. The van der Waals surface area contributed by atoms with Crippen LogP contribution in [-0.2, 0) is 0 Å². The van der Waals surface area contributed by atoms with Crippen LogP contribution in [0.25, 0.3) is 0 Å². The predicted octanol–water partition coefficient (Wildman–Crippen LogP) is 2.97. The van der Waals surface area contributed by atoms with Crippen LogP contribution in [0.4, 0.5) is 0 Å². The summed E-state index contributed by atoms with van der Waals surface area (Å²) in [5.74, 6) is 1.06. The first-order chi connectivity index (χ1) is 9.63. The third kappa shape index (κ3) is 2.56. The number of carbonyl (C=O) groups is 1. The van der Waals surface area contributed by atoms with Gasteiger partial charge in [-0.1, -0.05) is 23.8 Å². The monoisotopic (exact) mass is 290 g/mol. The zero-order chi connectivity index (χ0) is 14.1. The van der Waals surface area contributed by atoms with Gasteiger partial charge in [0.25, 0.3) is 5.91 Å². The second-order valence-corrected chi connectivity index (χ2v) is 5.76. The van der Waals surface area contributed by atoms with E-state index in [0.29, 0.717) is 22.8 Å². The number of phenolic OH excluding ortho intramolecular Hbond substituents is 1. The summed E-state index contributed by atoms with van der Waals surface area (Å²) in [6.07, 6.45) is 8.60. The Bertz CT molecular complexity index is 598. The second-order valence-electron chi connectivity index (χ2n) is 5.32. The molecule has 2 aliphatic carbocycles. The van der Waals surface area contributed by atoms with E-state index in [1.807, 2.05) is 0 Å². The van der Waals surface area contributed by atoms with Crippen LogP contribution < -0.4 is 5.43 Å². The number of aromatic hydroxyl groups is 1. The van der Waals surface area contributed by atoms with Crippen LogP contribution in [0.1, 0.15) is 23.2 Å². The van der Waals surface area contributed by atoms with E-state index in [1.165, 1.54) is 18.6 Å². The average Bonchev–Trinajstić information content (AvgIpc) is 3.00. The maximum absolute atomic E-state index is 11.9. The number of benzene rings is 1. The topological polar surface area (TPSA) is 61.7 Å². The third-order valence-corrected chi connectivity index (χ3v) is 4.20. The quantitative estimate of drug-likeness (QED) is 0.511. The highest BCUT2D eigenvalue weighted by Crippen LogP contribution is 2.42. The molecule has 1 saturated carbocycles. The fourth-order valence-corrected chi connectivity index (χ4v) is 3.11. The maximum Gasteiger partial charge on any atom is 0.275 e. The molecule has 0 aromatic heterocycles. The molecular formula is C15H15ClN2O2. The number of hydrogen-bond acceptors (Lipinski definition) is 3. The molecule has 0 spiro atoms. The summed E-state index contributed by atoms with van der Waals surface area (Å²) in [7, 11) is 0. The number of nitrogens with zero attached hydrogens (tertiary/aromatic N) is 1. The van der Waals surface area contributed by atoms with Crippen LogP contribution in [0.15, 0.2) is 35.5 Å². The van der Waals surface area contributed by atoms with Gasteiger partial charge in [0, 0.05) is 17.2 Å². The van der Waals surface area contributed by atoms with Crippen LogP contribution in [0, 0.1) is 17.8 Å². The molecule has 0 unspecified atom stereocenters. The van der Waals surface area contributed by atoms with Crippen molar-refractivity contribution in [2.24, 2.45) is 22.9 Å². The summed E-state index contributed by atoms with van der Waals surface area (Å²) >= 11 is 5.72. The molecule has 1 fully saturated rings. The number of hydrazone groups is 1. The Morgan fingerprint density at radius 3 is 2.90 bits per heavy atom. The standard InChI is InChI=1S/C15H15ClN2O2/c16-12-3-4-13(14(19)7-12)15(20)18-17-8-11-6-9-1-2-10(11)5-9/h1-4,7-11,19H,5-6H2,(H,18,20)/b17-8-/t9-,10+,11-/m0/s1. The summed E-state index contributed by atoms with van der Waals surface area (Å²) < 4.78 is 0. The number of allylic oxidation sites excluding steroid dienone is 2. The predicted molar refractivity (Wildman–Crippen MR) is 77.9 cm³/mol. The first-order valence-electron chi connectivity index (χ1n) is 6.64. The highest BCUT2D eigenvalue weighted by Gasteiger charge is 2.34. The van der Waals surface area contributed by atoms with Gasteiger partial charge in [-0.05, 0) is 42.9 Å². The van der Waals surface area contributed by atoms with Crippen LogP contribution in [-0.4, -0.2) is 17.2 Å². The molecule has 1 aromatic rings. The normalized spacial score (nSPS) is 27.4. The molecule has 1 amide bonds. The maximum atomic E-state index is 11.9. The highest BCUT2D eigenvalue weighted by atomic mass is 35.5. The summed E-state index contributed by atoms with van der Waals surface area (Å²) in [6.45, 7) is 0. The van der Waals surface area contributed by atoms with E-state index < -0.39 is 5.91 Å². The molecule has 2 bridgehead atoms. The van der Waals surface area contributed by atoms with E-state index in [2.05, 4.69) is 22.7 Å². The van der Waals surface area contributed by atoms with Gasteiger partial charge in [0.05, 0.1) is 5.56 Å². The number of phenols is 1. The van der Waals surface area contributed by atoms with Crippen LogP contribution in [0.5, 0.6) is 5.75 Å². The van der Waals surface area contributed by atoms with Crippen molar-refractivity contribution in [1.82, 2.24) is 5.43 Å². The minimum absolute atomic E-state index is 0.145. The van der Waals surface area contributed by atoms with Gasteiger partial charge in [0.1, 0.15) is 5.75 Å². The van der Waals surface area contributed by atoms with E-state index in [-0.39, 0.29) is 11.3 Å². The first kappa shape index (κ1) is 13.2. The molecule has 3 atom stereocenters. The molecule has 0 saturated heterocycles. The van der Waals surface area contributed by atoms with Crippen LogP contribution in [0.2, 0.25) is 5.02 Å². The molecule has 0 heterocycles. The van der Waals surface area contributed by atoms with E-state index >= 15 is 0 Å². The molecule has 5 heteroatoms. The van der Waals surface area contributed by atoms with Gasteiger partial charge in [-0.3, -0.25) is 4.79 Å². The Kier molecular flexibility index (Phi) is 3.49. The Morgan fingerprint density at radius 2 is 2.25 bits per heavy atom. The van der Waals surface area contributed by atoms with E-state index in [0.717, 1.165) is 6.42 Å². The molecule has 3 rings (SSSR count). The molecule has 20 heavy (non-hydrogen) atoms. The Labute approximate surface area is 122 Å². The van der Waals surface area contributed by atoms with Crippen molar-refractivity contribution in [2.75, 3.05) is 0 Å². The van der Waals surface area contributed by atoms with Crippen molar-refractivity contribution in [2.45, 2.75) is 12.8 Å². The Balaban J connectivity index is 1.60. The van der Waals surface area contributed by atoms with Gasteiger partial charge in [-0.15, -0.1) is 0 Å². The zero-order valence-corrected chi connectivity index (χ0v) is 11.5. The summed E-state index contributed by atoms with van der Waals surface area (Å²) in [5, 5.41) is 14.0. The summed E-state index contributed by atoms with van der Waals surface area (Å²) in [4.78, 5) is 11.9. The molecule has 2 aliphatic rings. The zero-order valence-electron chi connectivity index (χ0n) is 10.8. The van der Waals surface area contributed by atoms with Crippen LogP contribution in [0.3, 0.4) is 0 Å². The number of hydrogen-bond donors (Lipinski definition) is 2. The number of halogens is 1. The lowest BCUT2D eigenvalue weighted by atomic mass is 9.95. The number of amides is 1. The first-order valence-corrected chi connectivity index (χ1v) is 7.01. The van der Waals surface area contributed by atoms with Crippen molar-refractivity contribution < 1.29 is 9.90 Å². The SMILES string of the molecule is O=C(N/N=C\[C@@H]1C[C@H]2C=C[C@@H]1C2)c1ccc(Cl)cc1O. The van der Waals surface area contributed by atoms with Gasteiger partial charge in [0.2, 0.25) is 0 Å². The van der Waals surface area contributed by atoms with Crippen molar-refractivity contribution in [3.63, 3.8) is 0 Å². The molecule has 4 nitrogen and oxygen atoms in total. The van der Waals surface area contributed by atoms with E-state index in [9.17, 15) is 9.90 Å². The largest absolute Gasteiger partial charge is 0.507 e. The van der Waals surface area contributed by atoms with Gasteiger partial charge < -0.3 is 5.11 Å². The Hall–Kier alpha value is -1.81. The molecule has 1 aromatic carbocycles. The number of nitrogens with one attached hydrogen (secondary N) is 1. The molecule has 2 N–H and O–H groups in total. The fourth-order valence-electron chi connectivity index (χ4n) is 2.94. The van der Waals surface area contributed by atoms with E-state index in [4.69, 9.17) is 11.6 Å². The number of carbonyl (C=O) groups excluding carboxylic acids is 1. The van der Waals surface area contributed by atoms with Crippen molar-refractivity contribution in [1.29, 1.82) is 0 Å². The van der Waals surface area contributed by atoms with Gasteiger partial charge in [-0.25, -0.2) is 5.43 Å². The summed E-state index contributed by atoms with van der Waals surface area (Å²) in [5.41, 5.74) is 2.62. The number of fused-ring (bicyclic) bond motifs is 2. The van der Waals surface area contributed by atoms with E-state index in [1.54, 1.807) is 12.3 Å². The summed E-state index contributed by atoms with van der Waals surface area (Å²) in [6, 6.07) is 4.37. The molecule has 0 radical (unpaired) electrons. The van der Waals surface area contributed by atoms with Gasteiger partial charge >= 0.3 is 0 Å². The smallest absolute Gasteiger partial charge is 0.275 e. The minimum Gasteiger partial charge on any atom is -0.507 e. The average molecular weight is 291 g/mol. The lowest BCUT2D eigenvalue weighted by Crippen LogP contribution is -2.19. The van der Waals surface area contributed by atoms with Crippen molar-refractivity contribution in [3.05, 3.63) is 40.9 Å². The molecular weight excluding hydrogens is 276 g/mol. The lowest BCUT2D eigenvalue weighted by Gasteiger charge is -2.12. The molecule has 104 valence electrons. The Morgan fingerprint density at radius 1 is 1.40 bits per heavy atom. The number of rotatable bonds is 3. The molecule has 0 aliphatic heterocycles. The minimum atomic E-state index is -0.436. The third-order valence-electron chi connectivity index (χ3n) is 3.97. The van der Waals surface area contributed by atoms with Gasteiger partial charge in [-0.2, -0.15) is 5.10 Å². The van der Waals surface area contributed by atoms with Gasteiger partial charge in [0.15, 0.2) is 0 Å². The fraction of sp³-hybridized carbons (Fsp3) is 0.333. The second kappa shape index (κ2) is 5.29. The van der Waals surface area contributed by atoms with Crippen molar-refractivity contribution >= 4 is 23.7 Å².